The van der Waals surface area contributed by atoms with Crippen LogP contribution >= 0.6 is 38.6 Å². The first-order valence-corrected chi connectivity index (χ1v) is 8.35. The van der Waals surface area contributed by atoms with Crippen LogP contribution in [-0.4, -0.2) is 4.98 Å². The molecule has 96 valence electrons. The van der Waals surface area contributed by atoms with E-state index in [0.29, 0.717) is 0 Å². The van der Waals surface area contributed by atoms with E-state index in [1.165, 1.54) is 35.1 Å². The van der Waals surface area contributed by atoms with Gasteiger partial charge in [0.15, 0.2) is 0 Å². The number of halogens is 1. The highest BCUT2D eigenvalue weighted by Gasteiger charge is 2.13. The first-order chi connectivity index (χ1) is 9.16. The number of aromatic nitrogens is 1. The fraction of sp³-hybridized carbons (Fsp3) is 0.133. The minimum Gasteiger partial charge on any atom is -0.265 e. The van der Waals surface area contributed by atoms with Crippen LogP contribution in [0.4, 0.5) is 0 Å². The Hall–Kier alpha value is -0.970. The Labute approximate surface area is 129 Å². The highest BCUT2D eigenvalue weighted by molar-refractivity contribution is 9.10. The number of hydrogen-bond acceptors (Lipinski definition) is 3. The standard InChI is InChI=1S/C15H12BrNS2/c1-9-14(16)10(2)18-15(9)13-4-3-12(19-13)11-5-7-17-8-6-11/h3-8H,1-2H3. The molecule has 0 aliphatic carbocycles. The molecule has 1 nitrogen and oxygen atoms in total. The lowest BCUT2D eigenvalue weighted by atomic mass is 10.2. The third-order valence-corrected chi connectivity index (χ3v) is 7.00. The van der Waals surface area contributed by atoms with E-state index < -0.39 is 0 Å². The molecule has 0 bridgehead atoms. The SMILES string of the molecule is Cc1sc(-c2ccc(-c3ccncc3)s2)c(C)c1Br. The summed E-state index contributed by atoms with van der Waals surface area (Å²) in [7, 11) is 0. The summed E-state index contributed by atoms with van der Waals surface area (Å²) in [5.41, 5.74) is 2.57. The van der Waals surface area contributed by atoms with Gasteiger partial charge in [0.1, 0.15) is 0 Å². The maximum absolute atomic E-state index is 4.07. The van der Waals surface area contributed by atoms with Crippen LogP contribution in [0.15, 0.2) is 41.1 Å². The average molecular weight is 350 g/mol. The maximum atomic E-state index is 4.07. The molecule has 0 unspecified atom stereocenters. The second-order valence-electron chi connectivity index (χ2n) is 4.33. The molecule has 0 atom stereocenters. The van der Waals surface area contributed by atoms with Gasteiger partial charge >= 0.3 is 0 Å². The third kappa shape index (κ3) is 2.40. The van der Waals surface area contributed by atoms with E-state index in [1.807, 2.05) is 35.1 Å². The monoisotopic (exact) mass is 349 g/mol. The van der Waals surface area contributed by atoms with E-state index in [-0.39, 0.29) is 0 Å². The number of thiophene rings is 2. The quantitative estimate of drug-likeness (QED) is 0.559. The van der Waals surface area contributed by atoms with Crippen LogP contribution in [0, 0.1) is 13.8 Å². The van der Waals surface area contributed by atoms with Gasteiger partial charge in [-0.15, -0.1) is 22.7 Å². The molecule has 3 rings (SSSR count). The van der Waals surface area contributed by atoms with E-state index in [0.717, 1.165) is 0 Å². The number of aryl methyl sites for hydroxylation is 1. The smallest absolute Gasteiger partial charge is 0.0486 e. The molecule has 0 aliphatic rings. The van der Waals surface area contributed by atoms with E-state index in [4.69, 9.17) is 0 Å². The molecule has 4 heteroatoms. The van der Waals surface area contributed by atoms with Crippen molar-refractivity contribution in [3.8, 4) is 20.2 Å². The molecular weight excluding hydrogens is 338 g/mol. The highest BCUT2D eigenvalue weighted by Crippen LogP contribution is 2.43. The minimum atomic E-state index is 1.23. The zero-order valence-electron chi connectivity index (χ0n) is 10.6. The first-order valence-electron chi connectivity index (χ1n) is 5.93. The molecule has 0 aromatic carbocycles. The lowest BCUT2D eigenvalue weighted by molar-refractivity contribution is 1.33. The van der Waals surface area contributed by atoms with Crippen LogP contribution < -0.4 is 0 Å². The molecule has 0 aliphatic heterocycles. The fourth-order valence-electron chi connectivity index (χ4n) is 2.00. The Balaban J connectivity index is 2.04. The van der Waals surface area contributed by atoms with Crippen molar-refractivity contribution in [2.45, 2.75) is 13.8 Å². The summed E-state index contributed by atoms with van der Waals surface area (Å²) in [5, 5.41) is 0. The van der Waals surface area contributed by atoms with Gasteiger partial charge in [-0.1, -0.05) is 0 Å². The molecule has 0 amide bonds. The molecule has 0 radical (unpaired) electrons. The Morgan fingerprint density at radius 3 is 2.26 bits per heavy atom. The molecule has 3 aromatic heterocycles. The zero-order valence-corrected chi connectivity index (χ0v) is 13.8. The second-order valence-corrected chi connectivity index (χ2v) is 7.43. The van der Waals surface area contributed by atoms with Gasteiger partial charge in [0, 0.05) is 36.4 Å². The van der Waals surface area contributed by atoms with Gasteiger partial charge in [0.2, 0.25) is 0 Å². The van der Waals surface area contributed by atoms with Gasteiger partial charge in [-0.05, 0) is 65.2 Å². The largest absolute Gasteiger partial charge is 0.265 e. The fourth-order valence-corrected chi connectivity index (χ4v) is 4.81. The molecule has 0 N–H and O–H groups in total. The van der Waals surface area contributed by atoms with Gasteiger partial charge in [0.05, 0.1) is 0 Å². The van der Waals surface area contributed by atoms with Crippen LogP contribution in [0.3, 0.4) is 0 Å². The lowest BCUT2D eigenvalue weighted by Gasteiger charge is -1.96. The van der Waals surface area contributed by atoms with Crippen molar-refractivity contribution >= 4 is 38.6 Å². The molecule has 0 spiro atoms. The minimum absolute atomic E-state index is 1.23. The average Bonchev–Trinajstić information content (AvgIpc) is 3.01. The summed E-state index contributed by atoms with van der Waals surface area (Å²) in [6.07, 6.45) is 3.68. The maximum Gasteiger partial charge on any atom is 0.0486 e. The van der Waals surface area contributed by atoms with Crippen molar-refractivity contribution in [2.24, 2.45) is 0 Å². The van der Waals surface area contributed by atoms with E-state index in [2.05, 4.69) is 59.0 Å². The second kappa shape index (κ2) is 5.19. The van der Waals surface area contributed by atoms with Crippen LogP contribution in [0.1, 0.15) is 10.4 Å². The Kier molecular flexibility index (Phi) is 3.56. The molecule has 0 saturated heterocycles. The molecule has 0 fully saturated rings. The van der Waals surface area contributed by atoms with Crippen LogP contribution in [0.25, 0.3) is 20.2 Å². The topological polar surface area (TPSA) is 12.9 Å². The van der Waals surface area contributed by atoms with Crippen LogP contribution in [0.5, 0.6) is 0 Å². The Morgan fingerprint density at radius 2 is 1.63 bits per heavy atom. The van der Waals surface area contributed by atoms with E-state index in [1.54, 1.807) is 0 Å². The number of nitrogens with zero attached hydrogens (tertiary/aromatic N) is 1. The number of pyridine rings is 1. The first kappa shape index (κ1) is 13.0. The van der Waals surface area contributed by atoms with Gasteiger partial charge in [-0.3, -0.25) is 4.98 Å². The molecule has 19 heavy (non-hydrogen) atoms. The zero-order chi connectivity index (χ0) is 13.4. The van der Waals surface area contributed by atoms with Crippen molar-refractivity contribution in [3.63, 3.8) is 0 Å². The molecular formula is C15H12BrNS2. The normalized spacial score (nSPS) is 10.9. The summed E-state index contributed by atoms with van der Waals surface area (Å²) >= 11 is 7.35. The highest BCUT2D eigenvalue weighted by atomic mass is 79.9. The van der Waals surface area contributed by atoms with Crippen LogP contribution in [0.2, 0.25) is 0 Å². The van der Waals surface area contributed by atoms with Crippen molar-refractivity contribution in [1.29, 1.82) is 0 Å². The van der Waals surface area contributed by atoms with Gasteiger partial charge in [0.25, 0.3) is 0 Å². The van der Waals surface area contributed by atoms with Crippen molar-refractivity contribution < 1.29 is 0 Å². The third-order valence-electron chi connectivity index (χ3n) is 3.03. The number of hydrogen-bond donors (Lipinski definition) is 0. The Morgan fingerprint density at radius 1 is 0.947 bits per heavy atom. The predicted octanol–water partition coefficient (Wildman–Crippen LogP) is 5.92. The lowest BCUT2D eigenvalue weighted by Crippen LogP contribution is -1.72. The Bertz CT molecular complexity index is 713. The summed E-state index contributed by atoms with van der Waals surface area (Å²) in [6.45, 7) is 4.33. The van der Waals surface area contributed by atoms with Gasteiger partial charge in [-0.2, -0.15) is 0 Å². The molecule has 3 aromatic rings. The van der Waals surface area contributed by atoms with Gasteiger partial charge < -0.3 is 0 Å². The van der Waals surface area contributed by atoms with Gasteiger partial charge in [-0.25, -0.2) is 0 Å². The predicted molar refractivity (Wildman–Crippen MR) is 88.0 cm³/mol. The van der Waals surface area contributed by atoms with Crippen molar-refractivity contribution in [3.05, 3.63) is 51.6 Å². The summed E-state index contributed by atoms with van der Waals surface area (Å²) < 4.78 is 1.24. The van der Waals surface area contributed by atoms with E-state index in [9.17, 15) is 0 Å². The molecule has 3 heterocycles. The number of rotatable bonds is 2. The summed E-state index contributed by atoms with van der Waals surface area (Å²) in [6, 6.07) is 8.51. The van der Waals surface area contributed by atoms with E-state index >= 15 is 0 Å². The summed E-state index contributed by atoms with van der Waals surface area (Å²) in [5.74, 6) is 0. The molecule has 0 saturated carbocycles. The van der Waals surface area contributed by atoms with Crippen LogP contribution in [-0.2, 0) is 0 Å². The van der Waals surface area contributed by atoms with Crippen molar-refractivity contribution in [1.82, 2.24) is 4.98 Å². The summed E-state index contributed by atoms with van der Waals surface area (Å²) in [4.78, 5) is 9.40. The van der Waals surface area contributed by atoms with Crippen molar-refractivity contribution in [2.75, 3.05) is 0 Å².